The molecule has 4 nitrogen and oxygen atoms in total. The molecule has 0 aliphatic rings. The molecule has 2 amide bonds. The van der Waals surface area contributed by atoms with E-state index in [1.54, 1.807) is 4.90 Å². The van der Waals surface area contributed by atoms with Gasteiger partial charge in [0, 0.05) is 13.1 Å². The van der Waals surface area contributed by atoms with Crippen molar-refractivity contribution in [1.82, 2.24) is 4.90 Å². The van der Waals surface area contributed by atoms with Crippen molar-refractivity contribution in [3.05, 3.63) is 60.2 Å². The standard InChI is InChI=1S/C18H22N2O2/c1-3-20(14-15-10-6-5-7-11-15)18(21)19-16-12-8-9-13-17(16)22-4-2/h5-13H,3-4,14H2,1-2H3,(H,19,21). The summed E-state index contributed by atoms with van der Waals surface area (Å²) in [4.78, 5) is 14.2. The molecule has 0 bridgehead atoms. The Morgan fingerprint density at radius 1 is 1.05 bits per heavy atom. The zero-order valence-corrected chi connectivity index (χ0v) is 13.1. The molecule has 2 aromatic rings. The maximum absolute atomic E-state index is 12.5. The first-order valence-electron chi connectivity index (χ1n) is 7.56. The minimum atomic E-state index is -0.126. The Hall–Kier alpha value is -2.49. The number of ether oxygens (including phenoxy) is 1. The number of benzene rings is 2. The van der Waals surface area contributed by atoms with Crippen LogP contribution < -0.4 is 10.1 Å². The van der Waals surface area contributed by atoms with Crippen molar-refractivity contribution in [2.45, 2.75) is 20.4 Å². The van der Waals surface area contributed by atoms with E-state index < -0.39 is 0 Å². The van der Waals surface area contributed by atoms with E-state index in [0.717, 1.165) is 5.56 Å². The number of amides is 2. The molecule has 0 aliphatic carbocycles. The lowest BCUT2D eigenvalue weighted by Crippen LogP contribution is -2.34. The molecule has 0 spiro atoms. The minimum absolute atomic E-state index is 0.126. The van der Waals surface area contributed by atoms with Gasteiger partial charge in [0.1, 0.15) is 5.75 Å². The number of carbonyl (C=O) groups excluding carboxylic acids is 1. The van der Waals surface area contributed by atoms with Gasteiger partial charge in [0.05, 0.1) is 12.3 Å². The van der Waals surface area contributed by atoms with Gasteiger partial charge in [0.25, 0.3) is 0 Å². The molecule has 0 aliphatic heterocycles. The Labute approximate surface area is 131 Å². The average Bonchev–Trinajstić information content (AvgIpc) is 2.55. The number of nitrogens with zero attached hydrogens (tertiary/aromatic N) is 1. The smallest absolute Gasteiger partial charge is 0.322 e. The van der Waals surface area contributed by atoms with Crippen LogP contribution in [-0.2, 0) is 6.54 Å². The molecule has 22 heavy (non-hydrogen) atoms. The lowest BCUT2D eigenvalue weighted by atomic mass is 10.2. The number of rotatable bonds is 6. The van der Waals surface area contributed by atoms with Gasteiger partial charge in [-0.15, -0.1) is 0 Å². The summed E-state index contributed by atoms with van der Waals surface area (Å²) < 4.78 is 5.54. The fourth-order valence-electron chi connectivity index (χ4n) is 2.18. The molecule has 1 N–H and O–H groups in total. The van der Waals surface area contributed by atoms with Crippen LogP contribution in [0.4, 0.5) is 10.5 Å². The van der Waals surface area contributed by atoms with Crippen LogP contribution in [0, 0.1) is 0 Å². The Kier molecular flexibility index (Phi) is 5.83. The van der Waals surface area contributed by atoms with Crippen molar-refractivity contribution in [3.8, 4) is 5.75 Å². The van der Waals surface area contributed by atoms with Gasteiger partial charge in [-0.2, -0.15) is 0 Å². The van der Waals surface area contributed by atoms with E-state index in [1.165, 1.54) is 0 Å². The van der Waals surface area contributed by atoms with Crippen molar-refractivity contribution in [2.24, 2.45) is 0 Å². The number of carbonyl (C=O) groups is 1. The number of urea groups is 1. The zero-order chi connectivity index (χ0) is 15.8. The number of hydrogen-bond donors (Lipinski definition) is 1. The lowest BCUT2D eigenvalue weighted by Gasteiger charge is -2.22. The Morgan fingerprint density at radius 2 is 1.73 bits per heavy atom. The molecule has 0 heterocycles. The van der Waals surface area contributed by atoms with E-state index in [-0.39, 0.29) is 6.03 Å². The van der Waals surface area contributed by atoms with Gasteiger partial charge in [-0.1, -0.05) is 42.5 Å². The van der Waals surface area contributed by atoms with Gasteiger partial charge < -0.3 is 15.0 Å². The van der Waals surface area contributed by atoms with Gasteiger partial charge in [-0.05, 0) is 31.5 Å². The SMILES string of the molecule is CCOc1ccccc1NC(=O)N(CC)Cc1ccccc1. The van der Waals surface area contributed by atoms with Crippen LogP contribution >= 0.6 is 0 Å². The molecule has 2 aromatic carbocycles. The van der Waals surface area contributed by atoms with Crippen molar-refractivity contribution < 1.29 is 9.53 Å². The quantitative estimate of drug-likeness (QED) is 0.871. The largest absolute Gasteiger partial charge is 0.492 e. The molecule has 2 rings (SSSR count). The third-order valence-electron chi connectivity index (χ3n) is 3.31. The Morgan fingerprint density at radius 3 is 2.41 bits per heavy atom. The first-order chi connectivity index (χ1) is 10.7. The number of nitrogens with one attached hydrogen (secondary N) is 1. The Bertz CT molecular complexity index is 599. The van der Waals surface area contributed by atoms with Crippen LogP contribution in [0.1, 0.15) is 19.4 Å². The third kappa shape index (κ3) is 4.25. The zero-order valence-electron chi connectivity index (χ0n) is 13.1. The monoisotopic (exact) mass is 298 g/mol. The maximum Gasteiger partial charge on any atom is 0.322 e. The summed E-state index contributed by atoms with van der Waals surface area (Å²) in [6, 6.07) is 17.3. The summed E-state index contributed by atoms with van der Waals surface area (Å²) in [6.45, 7) is 5.68. The van der Waals surface area contributed by atoms with Crippen LogP contribution in [-0.4, -0.2) is 24.1 Å². The molecule has 0 aromatic heterocycles. The minimum Gasteiger partial charge on any atom is -0.492 e. The van der Waals surface area contributed by atoms with Crippen molar-refractivity contribution in [3.63, 3.8) is 0 Å². The van der Waals surface area contributed by atoms with Gasteiger partial charge >= 0.3 is 6.03 Å². The molecule has 0 fully saturated rings. The highest BCUT2D eigenvalue weighted by atomic mass is 16.5. The number of hydrogen-bond acceptors (Lipinski definition) is 2. The molecule has 116 valence electrons. The van der Waals surface area contributed by atoms with E-state index in [9.17, 15) is 4.79 Å². The van der Waals surface area contributed by atoms with Crippen LogP contribution in [0.25, 0.3) is 0 Å². The van der Waals surface area contributed by atoms with Crippen LogP contribution in [0.3, 0.4) is 0 Å². The molecule has 0 saturated carbocycles. The third-order valence-corrected chi connectivity index (χ3v) is 3.31. The number of para-hydroxylation sites is 2. The average molecular weight is 298 g/mol. The lowest BCUT2D eigenvalue weighted by molar-refractivity contribution is 0.212. The van der Waals surface area contributed by atoms with Crippen molar-refractivity contribution in [2.75, 3.05) is 18.5 Å². The summed E-state index contributed by atoms with van der Waals surface area (Å²) >= 11 is 0. The molecular weight excluding hydrogens is 276 g/mol. The predicted molar refractivity (Wildman–Crippen MR) is 89.2 cm³/mol. The topological polar surface area (TPSA) is 41.6 Å². The highest BCUT2D eigenvalue weighted by molar-refractivity contribution is 5.90. The molecular formula is C18H22N2O2. The van der Waals surface area contributed by atoms with Gasteiger partial charge in [-0.3, -0.25) is 0 Å². The van der Waals surface area contributed by atoms with Crippen LogP contribution in [0.5, 0.6) is 5.75 Å². The van der Waals surface area contributed by atoms with Crippen LogP contribution in [0.2, 0.25) is 0 Å². The van der Waals surface area contributed by atoms with E-state index in [0.29, 0.717) is 31.1 Å². The summed E-state index contributed by atoms with van der Waals surface area (Å²) in [5, 5.41) is 2.93. The van der Waals surface area contributed by atoms with Crippen molar-refractivity contribution in [1.29, 1.82) is 0 Å². The highest BCUT2D eigenvalue weighted by Gasteiger charge is 2.14. The Balaban J connectivity index is 2.06. The van der Waals surface area contributed by atoms with E-state index in [2.05, 4.69) is 5.32 Å². The highest BCUT2D eigenvalue weighted by Crippen LogP contribution is 2.24. The molecule has 0 saturated heterocycles. The second-order valence-electron chi connectivity index (χ2n) is 4.86. The number of anilines is 1. The first kappa shape index (κ1) is 15.9. The molecule has 0 atom stereocenters. The second-order valence-corrected chi connectivity index (χ2v) is 4.86. The summed E-state index contributed by atoms with van der Waals surface area (Å²) in [6.07, 6.45) is 0. The fourth-order valence-corrected chi connectivity index (χ4v) is 2.18. The van der Waals surface area contributed by atoms with Gasteiger partial charge in [-0.25, -0.2) is 4.79 Å². The maximum atomic E-state index is 12.5. The van der Waals surface area contributed by atoms with Crippen molar-refractivity contribution >= 4 is 11.7 Å². The summed E-state index contributed by atoms with van der Waals surface area (Å²) in [5.74, 6) is 0.689. The molecule has 0 radical (unpaired) electrons. The van der Waals surface area contributed by atoms with Gasteiger partial charge in [0.2, 0.25) is 0 Å². The first-order valence-corrected chi connectivity index (χ1v) is 7.56. The van der Waals surface area contributed by atoms with E-state index >= 15 is 0 Å². The van der Waals surface area contributed by atoms with Crippen LogP contribution in [0.15, 0.2) is 54.6 Å². The van der Waals surface area contributed by atoms with Gasteiger partial charge in [0.15, 0.2) is 0 Å². The fraction of sp³-hybridized carbons (Fsp3) is 0.278. The normalized spacial score (nSPS) is 10.1. The second kappa shape index (κ2) is 8.08. The predicted octanol–water partition coefficient (Wildman–Crippen LogP) is 4.14. The van der Waals surface area contributed by atoms with E-state index in [4.69, 9.17) is 4.74 Å². The molecule has 4 heteroatoms. The van der Waals surface area contributed by atoms with E-state index in [1.807, 2.05) is 68.4 Å². The molecule has 0 unspecified atom stereocenters. The summed E-state index contributed by atoms with van der Waals surface area (Å²) in [5.41, 5.74) is 1.80. The summed E-state index contributed by atoms with van der Waals surface area (Å²) in [7, 11) is 0.